The minimum absolute atomic E-state index is 0.135. The molecule has 2 aliphatic rings. The molecule has 3 N–H and O–H groups in total. The van der Waals surface area contributed by atoms with Crippen molar-refractivity contribution in [2.75, 3.05) is 7.05 Å². The Hall–Kier alpha value is -1.26. The van der Waals surface area contributed by atoms with E-state index in [9.17, 15) is 4.79 Å². The van der Waals surface area contributed by atoms with E-state index in [0.717, 1.165) is 37.6 Å². The number of rotatable bonds is 6. The van der Waals surface area contributed by atoms with E-state index in [4.69, 9.17) is 0 Å². The molecule has 0 aromatic heterocycles. The average Bonchev–Trinajstić information content (AvgIpc) is 3.24. The molecular formula is C18H34N4O. The highest BCUT2D eigenvalue weighted by Gasteiger charge is 2.37. The van der Waals surface area contributed by atoms with E-state index in [-0.39, 0.29) is 17.9 Å². The lowest BCUT2D eigenvalue weighted by Crippen LogP contribution is -2.48. The summed E-state index contributed by atoms with van der Waals surface area (Å²) in [5, 5.41) is 10.1. The predicted molar refractivity (Wildman–Crippen MR) is 95.5 cm³/mol. The SMILES string of the molecule is CCCC1CC1NC(=NC)NC1CCCC(C(=O)NC(C)C)C1. The van der Waals surface area contributed by atoms with Gasteiger partial charge in [0.15, 0.2) is 5.96 Å². The van der Waals surface area contributed by atoms with Gasteiger partial charge in [0.05, 0.1) is 0 Å². The number of hydrogen-bond acceptors (Lipinski definition) is 2. The maximum atomic E-state index is 12.2. The van der Waals surface area contributed by atoms with E-state index in [1.54, 1.807) is 0 Å². The highest BCUT2D eigenvalue weighted by Crippen LogP contribution is 2.34. The monoisotopic (exact) mass is 322 g/mol. The van der Waals surface area contributed by atoms with Crippen molar-refractivity contribution >= 4 is 11.9 Å². The van der Waals surface area contributed by atoms with Crippen LogP contribution >= 0.6 is 0 Å². The minimum atomic E-state index is 0.135. The molecule has 0 aliphatic heterocycles. The summed E-state index contributed by atoms with van der Waals surface area (Å²) < 4.78 is 0. The van der Waals surface area contributed by atoms with Gasteiger partial charge in [-0.25, -0.2) is 0 Å². The molecule has 0 saturated heterocycles. The Balaban J connectivity index is 1.78. The molecule has 4 unspecified atom stereocenters. The average molecular weight is 322 g/mol. The summed E-state index contributed by atoms with van der Waals surface area (Å²) in [5.74, 6) is 2.06. The van der Waals surface area contributed by atoms with Crippen LogP contribution in [0.2, 0.25) is 0 Å². The largest absolute Gasteiger partial charge is 0.354 e. The normalized spacial score (nSPS) is 30.9. The fourth-order valence-corrected chi connectivity index (χ4v) is 3.62. The molecule has 0 spiro atoms. The quantitative estimate of drug-likeness (QED) is 0.520. The molecule has 0 heterocycles. The van der Waals surface area contributed by atoms with Crippen LogP contribution in [0.4, 0.5) is 0 Å². The highest BCUT2D eigenvalue weighted by molar-refractivity contribution is 5.81. The van der Waals surface area contributed by atoms with Crippen LogP contribution < -0.4 is 16.0 Å². The van der Waals surface area contributed by atoms with E-state index in [0.29, 0.717) is 12.1 Å². The van der Waals surface area contributed by atoms with Crippen LogP contribution in [0, 0.1) is 11.8 Å². The zero-order valence-corrected chi connectivity index (χ0v) is 15.2. The molecule has 132 valence electrons. The van der Waals surface area contributed by atoms with Crippen molar-refractivity contribution in [2.24, 2.45) is 16.8 Å². The van der Waals surface area contributed by atoms with Crippen molar-refractivity contribution in [1.82, 2.24) is 16.0 Å². The van der Waals surface area contributed by atoms with E-state index in [1.807, 2.05) is 20.9 Å². The zero-order chi connectivity index (χ0) is 16.8. The summed E-state index contributed by atoms with van der Waals surface area (Å²) in [5.41, 5.74) is 0. The Kier molecular flexibility index (Phi) is 6.72. The maximum Gasteiger partial charge on any atom is 0.223 e. The van der Waals surface area contributed by atoms with Crippen molar-refractivity contribution in [3.05, 3.63) is 0 Å². The van der Waals surface area contributed by atoms with Gasteiger partial charge in [0.2, 0.25) is 5.91 Å². The first-order valence-electron chi connectivity index (χ1n) is 9.33. The van der Waals surface area contributed by atoms with Gasteiger partial charge in [0.1, 0.15) is 0 Å². The number of guanidine groups is 1. The molecule has 0 radical (unpaired) electrons. The van der Waals surface area contributed by atoms with Crippen LogP contribution in [0.15, 0.2) is 4.99 Å². The second kappa shape index (κ2) is 8.55. The Morgan fingerprint density at radius 1 is 1.22 bits per heavy atom. The molecule has 0 bridgehead atoms. The van der Waals surface area contributed by atoms with Crippen molar-refractivity contribution in [2.45, 2.75) is 83.8 Å². The molecule has 0 aromatic rings. The van der Waals surface area contributed by atoms with Gasteiger partial charge in [0.25, 0.3) is 0 Å². The van der Waals surface area contributed by atoms with Crippen molar-refractivity contribution in [3.63, 3.8) is 0 Å². The van der Waals surface area contributed by atoms with Gasteiger partial charge in [-0.1, -0.05) is 19.8 Å². The Morgan fingerprint density at radius 2 is 2.00 bits per heavy atom. The molecule has 2 fully saturated rings. The van der Waals surface area contributed by atoms with Crippen LogP contribution in [-0.2, 0) is 4.79 Å². The Bertz CT molecular complexity index is 421. The van der Waals surface area contributed by atoms with Crippen molar-refractivity contribution < 1.29 is 4.79 Å². The van der Waals surface area contributed by atoms with Crippen LogP contribution in [0.25, 0.3) is 0 Å². The smallest absolute Gasteiger partial charge is 0.223 e. The van der Waals surface area contributed by atoms with Crippen molar-refractivity contribution in [1.29, 1.82) is 0 Å². The van der Waals surface area contributed by atoms with Gasteiger partial charge in [-0.15, -0.1) is 0 Å². The summed E-state index contributed by atoms with van der Waals surface area (Å²) in [6.07, 6.45) is 7.95. The van der Waals surface area contributed by atoms with Crippen LogP contribution in [-0.4, -0.2) is 37.0 Å². The summed E-state index contributed by atoms with van der Waals surface area (Å²) >= 11 is 0. The Morgan fingerprint density at radius 3 is 2.65 bits per heavy atom. The molecule has 5 heteroatoms. The van der Waals surface area contributed by atoms with E-state index in [1.165, 1.54) is 19.3 Å². The molecule has 1 amide bonds. The molecule has 0 aromatic carbocycles. The van der Waals surface area contributed by atoms with Gasteiger partial charge in [-0.3, -0.25) is 9.79 Å². The molecule has 23 heavy (non-hydrogen) atoms. The number of aliphatic imine (C=N–C) groups is 1. The molecule has 2 rings (SSSR count). The lowest BCUT2D eigenvalue weighted by atomic mass is 9.85. The maximum absolute atomic E-state index is 12.2. The second-order valence-electron chi connectivity index (χ2n) is 7.48. The number of carbonyl (C=O) groups is 1. The number of hydrogen-bond donors (Lipinski definition) is 3. The van der Waals surface area contributed by atoms with Gasteiger partial charge >= 0.3 is 0 Å². The minimum Gasteiger partial charge on any atom is -0.354 e. The number of nitrogens with one attached hydrogen (secondary N) is 3. The first kappa shape index (κ1) is 18.1. The fourth-order valence-electron chi connectivity index (χ4n) is 3.62. The van der Waals surface area contributed by atoms with E-state index >= 15 is 0 Å². The molecular weight excluding hydrogens is 288 g/mol. The first-order valence-corrected chi connectivity index (χ1v) is 9.33. The number of nitrogens with zero attached hydrogens (tertiary/aromatic N) is 1. The molecule has 4 atom stereocenters. The topological polar surface area (TPSA) is 65.5 Å². The third kappa shape index (κ3) is 5.70. The lowest BCUT2D eigenvalue weighted by Gasteiger charge is -2.30. The van der Waals surface area contributed by atoms with Crippen LogP contribution in [0.3, 0.4) is 0 Å². The van der Waals surface area contributed by atoms with Crippen LogP contribution in [0.1, 0.15) is 65.7 Å². The predicted octanol–water partition coefficient (Wildman–Crippen LogP) is 2.42. The van der Waals surface area contributed by atoms with Gasteiger partial charge in [-0.05, 0) is 51.9 Å². The second-order valence-corrected chi connectivity index (χ2v) is 7.48. The Labute approximate surface area is 141 Å². The van der Waals surface area contributed by atoms with Gasteiger partial charge < -0.3 is 16.0 Å². The standard InChI is InChI=1S/C18H34N4O/c1-5-7-13-11-16(13)22-18(19-4)21-15-9-6-8-14(10-15)17(23)20-12(2)3/h12-16H,5-11H2,1-4H3,(H,20,23)(H2,19,21,22). The van der Waals surface area contributed by atoms with Crippen molar-refractivity contribution in [3.8, 4) is 0 Å². The summed E-state index contributed by atoms with van der Waals surface area (Å²) in [6.45, 7) is 6.28. The van der Waals surface area contributed by atoms with E-state index < -0.39 is 0 Å². The summed E-state index contributed by atoms with van der Waals surface area (Å²) in [4.78, 5) is 16.6. The van der Waals surface area contributed by atoms with E-state index in [2.05, 4.69) is 27.9 Å². The highest BCUT2D eigenvalue weighted by atomic mass is 16.1. The third-order valence-electron chi connectivity index (χ3n) is 4.94. The van der Waals surface area contributed by atoms with Crippen LogP contribution in [0.5, 0.6) is 0 Å². The van der Waals surface area contributed by atoms with Gasteiger partial charge in [-0.2, -0.15) is 0 Å². The summed E-state index contributed by atoms with van der Waals surface area (Å²) in [6, 6.07) is 1.15. The number of amides is 1. The number of carbonyl (C=O) groups excluding carboxylic acids is 1. The fraction of sp³-hybridized carbons (Fsp3) is 0.889. The lowest BCUT2D eigenvalue weighted by molar-refractivity contribution is -0.126. The molecule has 5 nitrogen and oxygen atoms in total. The first-order chi connectivity index (χ1) is 11.0. The summed E-state index contributed by atoms with van der Waals surface area (Å²) in [7, 11) is 1.83. The zero-order valence-electron chi connectivity index (χ0n) is 15.2. The molecule has 2 saturated carbocycles. The van der Waals surface area contributed by atoms with Gasteiger partial charge in [0, 0.05) is 31.1 Å². The molecule has 2 aliphatic carbocycles. The third-order valence-corrected chi connectivity index (χ3v) is 4.94.